The number of aromatic nitrogens is 4. The third kappa shape index (κ3) is 5.29. The van der Waals surface area contributed by atoms with Crippen molar-refractivity contribution >= 4 is 40.8 Å². The Labute approximate surface area is 180 Å². The molecule has 2 aromatic heterocycles. The lowest BCUT2D eigenvalue weighted by atomic mass is 10.2. The molecule has 0 aliphatic heterocycles. The zero-order valence-corrected chi connectivity index (χ0v) is 18.9. The van der Waals surface area contributed by atoms with Crippen LogP contribution in [0.15, 0.2) is 40.4 Å². The van der Waals surface area contributed by atoms with Crippen LogP contribution in [-0.4, -0.2) is 39.2 Å². The third-order valence-corrected chi connectivity index (χ3v) is 5.42. The summed E-state index contributed by atoms with van der Waals surface area (Å²) in [6.45, 7) is 9.70. The Bertz CT molecular complexity index is 1030. The summed E-state index contributed by atoms with van der Waals surface area (Å²) in [5, 5.41) is 13.9. The molecule has 3 N–H and O–H groups in total. The minimum Gasteiger partial charge on any atom is -0.357 e. The number of aromatic amines is 1. The maximum Gasteiger partial charge on any atom is 0.221 e. The zero-order chi connectivity index (χ0) is 21.8. The number of nitrogens with one attached hydrogen (secondary N) is 3. The van der Waals surface area contributed by atoms with Crippen LogP contribution < -0.4 is 15.5 Å². The second-order valence-corrected chi connectivity index (χ2v) is 8.42. The molecule has 0 aliphatic carbocycles. The van der Waals surface area contributed by atoms with Gasteiger partial charge >= 0.3 is 0 Å². The normalized spacial score (nSPS) is 10.9. The van der Waals surface area contributed by atoms with Gasteiger partial charge in [0.1, 0.15) is 11.6 Å². The average molecular weight is 426 g/mol. The number of carbonyl (C=O) groups is 1. The number of aryl methyl sites for hydroxylation is 1. The quantitative estimate of drug-likeness (QED) is 0.479. The van der Waals surface area contributed by atoms with E-state index in [1.54, 1.807) is 0 Å². The topological polar surface area (TPSA) is 98.8 Å². The molecular weight excluding hydrogens is 398 g/mol. The fourth-order valence-electron chi connectivity index (χ4n) is 2.76. The maximum absolute atomic E-state index is 11.2. The number of H-pyrrole nitrogens is 1. The summed E-state index contributed by atoms with van der Waals surface area (Å²) in [6.07, 6.45) is 0. The van der Waals surface area contributed by atoms with Gasteiger partial charge in [0.25, 0.3) is 0 Å². The van der Waals surface area contributed by atoms with Crippen LogP contribution in [0, 0.1) is 13.8 Å². The molecule has 0 atom stereocenters. The summed E-state index contributed by atoms with van der Waals surface area (Å²) >= 11 is 1.47. The van der Waals surface area contributed by atoms with E-state index in [0.717, 1.165) is 33.5 Å². The van der Waals surface area contributed by atoms with E-state index < -0.39 is 0 Å². The summed E-state index contributed by atoms with van der Waals surface area (Å²) in [6, 6.07) is 9.83. The molecule has 0 saturated carbocycles. The molecule has 0 spiro atoms. The van der Waals surface area contributed by atoms with Gasteiger partial charge in [0.2, 0.25) is 5.91 Å². The second-order valence-electron chi connectivity index (χ2n) is 7.38. The molecule has 8 nitrogen and oxygen atoms in total. The van der Waals surface area contributed by atoms with Crippen molar-refractivity contribution in [2.75, 3.05) is 22.6 Å². The molecule has 0 fully saturated rings. The first kappa shape index (κ1) is 21.6. The molecular formula is C21H27N7OS. The van der Waals surface area contributed by atoms with E-state index in [4.69, 9.17) is 9.97 Å². The summed E-state index contributed by atoms with van der Waals surface area (Å²) in [5.74, 6) is 2.20. The highest BCUT2D eigenvalue weighted by Crippen LogP contribution is 2.32. The lowest BCUT2D eigenvalue weighted by Gasteiger charge is -2.25. The highest BCUT2D eigenvalue weighted by molar-refractivity contribution is 7.99. The lowest BCUT2D eigenvalue weighted by molar-refractivity contribution is -0.114. The van der Waals surface area contributed by atoms with Gasteiger partial charge in [-0.05, 0) is 63.7 Å². The highest BCUT2D eigenvalue weighted by Gasteiger charge is 2.17. The first-order valence-corrected chi connectivity index (χ1v) is 10.5. The van der Waals surface area contributed by atoms with Crippen LogP contribution in [0.5, 0.6) is 0 Å². The summed E-state index contributed by atoms with van der Waals surface area (Å²) in [5.41, 5.74) is 2.68. The number of rotatable bonds is 7. The zero-order valence-electron chi connectivity index (χ0n) is 18.1. The largest absolute Gasteiger partial charge is 0.357 e. The molecule has 158 valence electrons. The molecule has 0 saturated heterocycles. The van der Waals surface area contributed by atoms with Crippen LogP contribution >= 0.6 is 11.8 Å². The minimum atomic E-state index is -0.0945. The Morgan fingerprint density at radius 3 is 2.43 bits per heavy atom. The summed E-state index contributed by atoms with van der Waals surface area (Å²) in [7, 11) is 2.03. The van der Waals surface area contributed by atoms with Crippen LogP contribution in [0.2, 0.25) is 0 Å². The van der Waals surface area contributed by atoms with Crippen molar-refractivity contribution in [3.8, 4) is 0 Å². The second kappa shape index (κ2) is 9.17. The third-order valence-electron chi connectivity index (χ3n) is 4.54. The number of amides is 1. The fourth-order valence-corrected chi connectivity index (χ4v) is 3.51. The van der Waals surface area contributed by atoms with E-state index in [2.05, 4.69) is 39.6 Å². The monoisotopic (exact) mass is 425 g/mol. The highest BCUT2D eigenvalue weighted by atomic mass is 32.2. The van der Waals surface area contributed by atoms with Gasteiger partial charge in [0, 0.05) is 47.9 Å². The predicted octanol–water partition coefficient (Wildman–Crippen LogP) is 4.51. The first-order valence-electron chi connectivity index (χ1n) is 9.69. The van der Waals surface area contributed by atoms with Gasteiger partial charge in [-0.15, -0.1) is 0 Å². The Hall–Kier alpha value is -3.07. The smallest absolute Gasteiger partial charge is 0.221 e. The predicted molar refractivity (Wildman–Crippen MR) is 122 cm³/mol. The van der Waals surface area contributed by atoms with Crippen LogP contribution in [0.1, 0.15) is 32.0 Å². The number of nitrogens with zero attached hydrogens (tertiary/aromatic N) is 4. The Morgan fingerprint density at radius 2 is 1.87 bits per heavy atom. The summed E-state index contributed by atoms with van der Waals surface area (Å²) in [4.78, 5) is 23.9. The fraction of sp³-hybridized carbons (Fsp3) is 0.333. The average Bonchev–Trinajstić information content (AvgIpc) is 3.09. The number of benzene rings is 1. The van der Waals surface area contributed by atoms with Gasteiger partial charge in [0.05, 0.1) is 0 Å². The van der Waals surface area contributed by atoms with Crippen LogP contribution in [0.25, 0.3) is 0 Å². The van der Waals surface area contributed by atoms with E-state index in [-0.39, 0.29) is 11.9 Å². The molecule has 3 rings (SSSR count). The Balaban J connectivity index is 1.93. The van der Waals surface area contributed by atoms with Gasteiger partial charge in [-0.25, -0.2) is 9.97 Å². The van der Waals surface area contributed by atoms with Gasteiger partial charge in [-0.3, -0.25) is 9.89 Å². The number of hydrogen-bond acceptors (Lipinski definition) is 7. The molecule has 0 aliphatic rings. The van der Waals surface area contributed by atoms with E-state index in [9.17, 15) is 4.79 Å². The molecule has 0 radical (unpaired) electrons. The number of anilines is 4. The SMILES string of the molecule is CC(=O)Nc1ccc(Sc2nc(Nc3cc(C)[nH]n3)c(C)c(N(C)C(C)C)n2)cc1. The van der Waals surface area contributed by atoms with Crippen molar-refractivity contribution in [3.05, 3.63) is 41.6 Å². The van der Waals surface area contributed by atoms with Gasteiger partial charge < -0.3 is 15.5 Å². The molecule has 2 heterocycles. The Morgan fingerprint density at radius 1 is 1.17 bits per heavy atom. The molecule has 9 heteroatoms. The van der Waals surface area contributed by atoms with Crippen LogP contribution in [-0.2, 0) is 4.79 Å². The standard InChI is InChI=1S/C21H27N7OS/c1-12(2)28(6)20-14(4)19(23-18-11-13(3)26-27-18)24-21(25-20)30-17-9-7-16(8-10-17)22-15(5)29/h7-12H,1-6H3,(H,22,29)(H2,23,24,25,26,27). The van der Waals surface area contributed by atoms with Crippen molar-refractivity contribution in [1.82, 2.24) is 20.2 Å². The van der Waals surface area contributed by atoms with Crippen LogP contribution in [0.4, 0.5) is 23.1 Å². The molecule has 1 aromatic carbocycles. The number of carbonyl (C=O) groups excluding carboxylic acids is 1. The van der Waals surface area contributed by atoms with Gasteiger partial charge in [-0.1, -0.05) is 0 Å². The maximum atomic E-state index is 11.2. The molecule has 3 aromatic rings. The van der Waals surface area contributed by atoms with Gasteiger partial charge in [0.15, 0.2) is 11.0 Å². The lowest BCUT2D eigenvalue weighted by Crippen LogP contribution is -2.28. The molecule has 0 unspecified atom stereocenters. The summed E-state index contributed by atoms with van der Waals surface area (Å²) < 4.78 is 0. The minimum absolute atomic E-state index is 0.0945. The van der Waals surface area contributed by atoms with Crippen molar-refractivity contribution < 1.29 is 4.79 Å². The van der Waals surface area contributed by atoms with E-state index in [1.165, 1.54) is 18.7 Å². The van der Waals surface area contributed by atoms with E-state index >= 15 is 0 Å². The van der Waals surface area contributed by atoms with Crippen molar-refractivity contribution in [3.63, 3.8) is 0 Å². The molecule has 0 bridgehead atoms. The molecule has 1 amide bonds. The van der Waals surface area contributed by atoms with Crippen LogP contribution in [0.3, 0.4) is 0 Å². The van der Waals surface area contributed by atoms with E-state index in [0.29, 0.717) is 11.0 Å². The Kier molecular flexibility index (Phi) is 6.61. The van der Waals surface area contributed by atoms with Gasteiger partial charge in [-0.2, -0.15) is 5.10 Å². The van der Waals surface area contributed by atoms with Crippen molar-refractivity contribution in [2.45, 2.75) is 50.7 Å². The number of hydrogen-bond donors (Lipinski definition) is 3. The van der Waals surface area contributed by atoms with Crippen molar-refractivity contribution in [2.24, 2.45) is 0 Å². The van der Waals surface area contributed by atoms with Crippen molar-refractivity contribution in [1.29, 1.82) is 0 Å². The first-order chi connectivity index (χ1) is 14.2. The molecule has 30 heavy (non-hydrogen) atoms. The van der Waals surface area contributed by atoms with E-state index in [1.807, 2.05) is 51.2 Å².